The van der Waals surface area contributed by atoms with E-state index in [0.717, 1.165) is 41.9 Å². The van der Waals surface area contributed by atoms with Crippen LogP contribution in [0.2, 0.25) is 0 Å². The van der Waals surface area contributed by atoms with Gasteiger partial charge in [-0.25, -0.2) is 4.98 Å². The van der Waals surface area contributed by atoms with Crippen LogP contribution in [0.25, 0.3) is 11.0 Å². The Morgan fingerprint density at radius 3 is 3.17 bits per heavy atom. The standard InChI is InChI=1S/C17H23N3O3/c1-12-19-15-8-13(5-6-16(15)20(12)2)9-18-17(21)11-22-10-14-4-3-7-23-14/h5-6,8,14H,3-4,7,9-11H2,1-2H3,(H,18,21). The summed E-state index contributed by atoms with van der Waals surface area (Å²) in [7, 11) is 2.00. The molecule has 1 aromatic carbocycles. The molecular formula is C17H23N3O3. The summed E-state index contributed by atoms with van der Waals surface area (Å²) in [5.41, 5.74) is 3.08. The summed E-state index contributed by atoms with van der Waals surface area (Å²) in [6.07, 6.45) is 2.25. The number of aromatic nitrogens is 2. The van der Waals surface area contributed by atoms with Gasteiger partial charge >= 0.3 is 0 Å². The second-order valence-corrected chi connectivity index (χ2v) is 5.97. The maximum atomic E-state index is 11.8. The van der Waals surface area contributed by atoms with Crippen molar-refractivity contribution in [2.24, 2.45) is 7.05 Å². The molecule has 0 radical (unpaired) electrons. The Morgan fingerprint density at radius 1 is 1.52 bits per heavy atom. The molecule has 3 rings (SSSR count). The highest BCUT2D eigenvalue weighted by Crippen LogP contribution is 2.16. The zero-order valence-corrected chi connectivity index (χ0v) is 13.7. The molecule has 1 aliphatic heterocycles. The average molecular weight is 317 g/mol. The van der Waals surface area contributed by atoms with Crippen molar-refractivity contribution >= 4 is 16.9 Å². The summed E-state index contributed by atoms with van der Waals surface area (Å²) in [6.45, 7) is 3.83. The normalized spacial score (nSPS) is 17.7. The van der Waals surface area contributed by atoms with Crippen LogP contribution in [0.4, 0.5) is 0 Å². The number of aryl methyl sites for hydroxylation is 2. The van der Waals surface area contributed by atoms with Crippen LogP contribution >= 0.6 is 0 Å². The van der Waals surface area contributed by atoms with E-state index in [0.29, 0.717) is 13.2 Å². The van der Waals surface area contributed by atoms with Crippen LogP contribution in [-0.4, -0.2) is 41.4 Å². The lowest BCUT2D eigenvalue weighted by Gasteiger charge is -2.10. The van der Waals surface area contributed by atoms with E-state index in [-0.39, 0.29) is 18.6 Å². The van der Waals surface area contributed by atoms with Gasteiger partial charge in [0.1, 0.15) is 12.4 Å². The first kappa shape index (κ1) is 16.0. The predicted octanol–water partition coefficient (Wildman–Crippen LogP) is 1.69. The Balaban J connectivity index is 1.46. The van der Waals surface area contributed by atoms with Gasteiger partial charge in [0.15, 0.2) is 0 Å². The molecule has 2 heterocycles. The Hall–Kier alpha value is -1.92. The lowest BCUT2D eigenvalue weighted by Crippen LogP contribution is -2.28. The first-order valence-corrected chi connectivity index (χ1v) is 8.01. The van der Waals surface area contributed by atoms with Crippen molar-refractivity contribution in [2.45, 2.75) is 32.4 Å². The van der Waals surface area contributed by atoms with E-state index in [4.69, 9.17) is 9.47 Å². The van der Waals surface area contributed by atoms with Crippen molar-refractivity contribution < 1.29 is 14.3 Å². The molecule has 0 saturated carbocycles. The summed E-state index contributed by atoms with van der Waals surface area (Å²) in [4.78, 5) is 16.3. The van der Waals surface area contributed by atoms with Gasteiger partial charge in [-0.05, 0) is 37.5 Å². The minimum atomic E-state index is -0.111. The molecule has 1 fully saturated rings. The lowest BCUT2D eigenvalue weighted by molar-refractivity contribution is -0.127. The number of carbonyl (C=O) groups excluding carboxylic acids is 1. The quantitative estimate of drug-likeness (QED) is 0.880. The van der Waals surface area contributed by atoms with E-state index in [1.54, 1.807) is 0 Å². The first-order valence-electron chi connectivity index (χ1n) is 8.01. The molecule has 6 heteroatoms. The van der Waals surface area contributed by atoms with Gasteiger partial charge in [-0.15, -0.1) is 0 Å². The van der Waals surface area contributed by atoms with E-state index >= 15 is 0 Å². The van der Waals surface area contributed by atoms with Gasteiger partial charge in [-0.2, -0.15) is 0 Å². The van der Waals surface area contributed by atoms with Gasteiger partial charge in [0.25, 0.3) is 0 Å². The summed E-state index contributed by atoms with van der Waals surface area (Å²) >= 11 is 0. The molecule has 1 saturated heterocycles. The Labute approximate surface area is 135 Å². The van der Waals surface area contributed by atoms with Gasteiger partial charge < -0.3 is 19.4 Å². The third-order valence-electron chi connectivity index (χ3n) is 4.22. The Morgan fingerprint density at radius 2 is 2.39 bits per heavy atom. The molecule has 124 valence electrons. The third kappa shape index (κ3) is 3.89. The predicted molar refractivity (Wildman–Crippen MR) is 87.1 cm³/mol. The van der Waals surface area contributed by atoms with Gasteiger partial charge in [0.2, 0.25) is 5.91 Å². The molecule has 0 aliphatic carbocycles. The monoisotopic (exact) mass is 317 g/mol. The van der Waals surface area contributed by atoms with Crippen LogP contribution in [0.1, 0.15) is 24.2 Å². The smallest absolute Gasteiger partial charge is 0.246 e. The van der Waals surface area contributed by atoms with E-state index in [2.05, 4.69) is 14.9 Å². The van der Waals surface area contributed by atoms with Crippen LogP contribution in [-0.2, 0) is 27.9 Å². The molecule has 1 unspecified atom stereocenters. The van der Waals surface area contributed by atoms with Gasteiger partial charge in [-0.1, -0.05) is 6.07 Å². The van der Waals surface area contributed by atoms with E-state index in [1.807, 2.05) is 32.2 Å². The summed E-state index contributed by atoms with van der Waals surface area (Å²) in [5, 5.41) is 2.87. The molecule has 1 aromatic heterocycles. The number of benzene rings is 1. The molecule has 1 aliphatic rings. The van der Waals surface area contributed by atoms with Crippen molar-refractivity contribution in [1.29, 1.82) is 0 Å². The highest BCUT2D eigenvalue weighted by Gasteiger charge is 2.15. The zero-order chi connectivity index (χ0) is 16.2. The molecule has 1 atom stereocenters. The SMILES string of the molecule is Cc1nc2cc(CNC(=O)COCC3CCCO3)ccc2n1C. The van der Waals surface area contributed by atoms with Gasteiger partial charge in [-0.3, -0.25) is 4.79 Å². The number of hydrogen-bond acceptors (Lipinski definition) is 4. The van der Waals surface area contributed by atoms with Gasteiger partial charge in [0.05, 0.1) is 23.7 Å². The largest absolute Gasteiger partial charge is 0.376 e. The average Bonchev–Trinajstić information content (AvgIpc) is 3.14. The van der Waals surface area contributed by atoms with Crippen molar-refractivity contribution in [3.8, 4) is 0 Å². The molecule has 1 amide bonds. The number of imidazole rings is 1. The second-order valence-electron chi connectivity index (χ2n) is 5.97. The van der Waals surface area contributed by atoms with Crippen LogP contribution in [0, 0.1) is 6.92 Å². The van der Waals surface area contributed by atoms with E-state index in [1.165, 1.54) is 0 Å². The molecule has 0 bridgehead atoms. The molecule has 23 heavy (non-hydrogen) atoms. The van der Waals surface area contributed by atoms with E-state index < -0.39 is 0 Å². The number of ether oxygens (including phenoxy) is 2. The fraction of sp³-hybridized carbons (Fsp3) is 0.529. The minimum Gasteiger partial charge on any atom is -0.376 e. The topological polar surface area (TPSA) is 65.4 Å². The number of nitrogens with one attached hydrogen (secondary N) is 1. The molecule has 6 nitrogen and oxygen atoms in total. The minimum absolute atomic E-state index is 0.0742. The maximum Gasteiger partial charge on any atom is 0.246 e. The van der Waals surface area contributed by atoms with Crippen LogP contribution < -0.4 is 5.32 Å². The fourth-order valence-electron chi connectivity index (χ4n) is 2.79. The number of amides is 1. The van der Waals surface area contributed by atoms with Crippen LogP contribution in [0.15, 0.2) is 18.2 Å². The van der Waals surface area contributed by atoms with Crippen molar-refractivity contribution in [1.82, 2.24) is 14.9 Å². The van der Waals surface area contributed by atoms with Crippen LogP contribution in [0.5, 0.6) is 0 Å². The lowest BCUT2D eigenvalue weighted by atomic mass is 10.2. The number of carbonyl (C=O) groups is 1. The molecule has 2 aromatic rings. The zero-order valence-electron chi connectivity index (χ0n) is 13.7. The highest BCUT2D eigenvalue weighted by atomic mass is 16.5. The van der Waals surface area contributed by atoms with Crippen molar-refractivity contribution in [3.63, 3.8) is 0 Å². The summed E-state index contributed by atoms with van der Waals surface area (Å²) < 4.78 is 12.9. The van der Waals surface area contributed by atoms with Crippen LogP contribution in [0.3, 0.4) is 0 Å². The molecular weight excluding hydrogens is 294 g/mol. The number of fused-ring (bicyclic) bond motifs is 1. The summed E-state index contributed by atoms with van der Waals surface area (Å²) in [6, 6.07) is 6.05. The molecule has 1 N–H and O–H groups in total. The Kier molecular flexibility index (Phi) is 4.93. The maximum absolute atomic E-state index is 11.8. The van der Waals surface area contributed by atoms with Crippen molar-refractivity contribution in [2.75, 3.05) is 19.8 Å². The van der Waals surface area contributed by atoms with E-state index in [9.17, 15) is 4.79 Å². The number of nitrogens with zero attached hydrogens (tertiary/aromatic N) is 2. The second kappa shape index (κ2) is 7.10. The molecule has 0 spiro atoms. The highest BCUT2D eigenvalue weighted by molar-refractivity contribution is 5.78. The third-order valence-corrected chi connectivity index (χ3v) is 4.22. The van der Waals surface area contributed by atoms with Crippen molar-refractivity contribution in [3.05, 3.63) is 29.6 Å². The summed E-state index contributed by atoms with van der Waals surface area (Å²) in [5.74, 6) is 0.865. The first-order chi connectivity index (χ1) is 11.1. The number of rotatable bonds is 6. The fourth-order valence-corrected chi connectivity index (χ4v) is 2.79. The Bertz CT molecular complexity index is 690. The number of hydrogen-bond donors (Lipinski definition) is 1. The van der Waals surface area contributed by atoms with Gasteiger partial charge in [0, 0.05) is 20.2 Å².